The smallest absolute Gasteiger partial charge is 0.242 e. The fourth-order valence-electron chi connectivity index (χ4n) is 2.76. The number of hydrogen-bond donors (Lipinski definition) is 1. The van der Waals surface area contributed by atoms with Gasteiger partial charge in [-0.2, -0.15) is 0 Å². The lowest BCUT2D eigenvalue weighted by atomic mass is 9.81. The Morgan fingerprint density at radius 2 is 1.94 bits per heavy atom. The largest absolute Gasteiger partial charge is 0.345 e. The van der Waals surface area contributed by atoms with Crippen molar-refractivity contribution >= 4 is 11.8 Å². The second kappa shape index (κ2) is 5.52. The van der Waals surface area contributed by atoms with Gasteiger partial charge >= 0.3 is 0 Å². The maximum Gasteiger partial charge on any atom is 0.242 e. The van der Waals surface area contributed by atoms with Gasteiger partial charge in [-0.05, 0) is 18.3 Å². The number of carbonyl (C=O) groups excluding carboxylic acids is 2. The van der Waals surface area contributed by atoms with Gasteiger partial charge in [-0.15, -0.1) is 0 Å². The molecular weight excluding hydrogens is 216 g/mol. The fourth-order valence-corrected chi connectivity index (χ4v) is 2.76. The predicted octanol–water partition coefficient (Wildman–Crippen LogP) is 1.16. The summed E-state index contributed by atoms with van der Waals surface area (Å²) in [6.45, 7) is 3.50. The van der Waals surface area contributed by atoms with E-state index in [0.29, 0.717) is 0 Å². The average molecular weight is 238 g/mol. The predicted molar refractivity (Wildman–Crippen MR) is 65.3 cm³/mol. The van der Waals surface area contributed by atoms with E-state index in [1.54, 1.807) is 4.90 Å². The van der Waals surface area contributed by atoms with Crippen molar-refractivity contribution in [1.82, 2.24) is 10.2 Å². The molecule has 0 radical (unpaired) electrons. The van der Waals surface area contributed by atoms with Crippen molar-refractivity contribution < 1.29 is 9.59 Å². The van der Waals surface area contributed by atoms with Crippen molar-refractivity contribution in [3.63, 3.8) is 0 Å². The molecule has 0 spiro atoms. The molecule has 2 fully saturated rings. The molecule has 1 saturated heterocycles. The number of hydrogen-bond acceptors (Lipinski definition) is 2. The normalized spacial score (nSPS) is 30.3. The molecule has 0 bridgehead atoms. The number of nitrogens with zero attached hydrogens (tertiary/aromatic N) is 1. The Morgan fingerprint density at radius 3 is 2.65 bits per heavy atom. The Labute approximate surface area is 103 Å². The third-order valence-electron chi connectivity index (χ3n) is 4.07. The zero-order chi connectivity index (χ0) is 12.3. The third kappa shape index (κ3) is 3.45. The van der Waals surface area contributed by atoms with Crippen molar-refractivity contribution in [1.29, 1.82) is 0 Å². The minimum atomic E-state index is -0.0260. The van der Waals surface area contributed by atoms with Crippen LogP contribution in [0, 0.1) is 11.8 Å². The first-order valence-corrected chi connectivity index (χ1v) is 6.69. The van der Waals surface area contributed by atoms with Crippen LogP contribution in [-0.4, -0.2) is 36.3 Å². The zero-order valence-corrected chi connectivity index (χ0v) is 10.6. The maximum atomic E-state index is 11.6. The Morgan fingerprint density at radius 1 is 1.24 bits per heavy atom. The summed E-state index contributed by atoms with van der Waals surface area (Å²) >= 11 is 0. The minimum absolute atomic E-state index is 0.0260. The molecule has 1 aliphatic heterocycles. The van der Waals surface area contributed by atoms with E-state index in [0.717, 1.165) is 24.8 Å². The van der Waals surface area contributed by atoms with Gasteiger partial charge in [0.25, 0.3) is 0 Å². The molecule has 1 saturated carbocycles. The maximum absolute atomic E-state index is 11.6. The molecule has 2 aliphatic rings. The Hall–Kier alpha value is -1.06. The van der Waals surface area contributed by atoms with Gasteiger partial charge in [-0.1, -0.05) is 32.6 Å². The second-order valence-electron chi connectivity index (χ2n) is 5.51. The summed E-state index contributed by atoms with van der Waals surface area (Å²) < 4.78 is 0. The Balaban J connectivity index is 1.73. The first-order chi connectivity index (χ1) is 8.15. The van der Waals surface area contributed by atoms with E-state index in [9.17, 15) is 9.59 Å². The highest BCUT2D eigenvalue weighted by molar-refractivity contribution is 5.92. The van der Waals surface area contributed by atoms with Gasteiger partial charge < -0.3 is 10.2 Å². The molecular formula is C13H22N2O2. The summed E-state index contributed by atoms with van der Waals surface area (Å²) in [5.74, 6) is 1.66. The Kier molecular flexibility index (Phi) is 4.02. The van der Waals surface area contributed by atoms with Crippen LogP contribution < -0.4 is 5.32 Å². The van der Waals surface area contributed by atoms with Gasteiger partial charge in [0.05, 0.1) is 13.1 Å². The zero-order valence-electron chi connectivity index (χ0n) is 10.6. The fraction of sp³-hybridized carbons (Fsp3) is 0.846. The summed E-state index contributed by atoms with van der Waals surface area (Å²) in [6.07, 6.45) is 6.27. The molecule has 0 aromatic rings. The molecule has 2 rings (SSSR count). The van der Waals surface area contributed by atoms with Crippen molar-refractivity contribution in [3.05, 3.63) is 0 Å². The number of rotatable bonds is 3. The molecule has 0 atom stereocenters. The van der Waals surface area contributed by atoms with E-state index in [4.69, 9.17) is 0 Å². The van der Waals surface area contributed by atoms with Crippen LogP contribution in [-0.2, 0) is 9.59 Å². The first-order valence-electron chi connectivity index (χ1n) is 6.69. The van der Waals surface area contributed by atoms with E-state index in [-0.39, 0.29) is 24.9 Å². The highest BCUT2D eigenvalue weighted by Crippen LogP contribution is 2.30. The number of piperazine rings is 1. The second-order valence-corrected chi connectivity index (χ2v) is 5.51. The lowest BCUT2D eigenvalue weighted by molar-refractivity contribution is -0.140. The summed E-state index contributed by atoms with van der Waals surface area (Å²) in [5.41, 5.74) is 0. The quantitative estimate of drug-likeness (QED) is 0.802. The summed E-state index contributed by atoms with van der Waals surface area (Å²) in [5, 5.41) is 2.58. The average Bonchev–Trinajstić information content (AvgIpc) is 2.32. The van der Waals surface area contributed by atoms with Gasteiger partial charge in [-0.25, -0.2) is 0 Å². The summed E-state index contributed by atoms with van der Waals surface area (Å²) in [6, 6.07) is 0. The Bertz CT molecular complexity index is 296. The molecule has 1 N–H and O–H groups in total. The number of nitrogens with one attached hydrogen (secondary N) is 1. The van der Waals surface area contributed by atoms with E-state index >= 15 is 0 Å². The molecule has 0 unspecified atom stereocenters. The highest BCUT2D eigenvalue weighted by atomic mass is 16.2. The summed E-state index contributed by atoms with van der Waals surface area (Å²) in [7, 11) is 0. The molecule has 0 aromatic heterocycles. The molecule has 4 nitrogen and oxygen atoms in total. The lowest BCUT2D eigenvalue weighted by Gasteiger charge is -2.30. The molecule has 1 heterocycles. The molecule has 4 heteroatoms. The molecule has 1 aliphatic carbocycles. The molecule has 2 amide bonds. The van der Waals surface area contributed by atoms with Crippen molar-refractivity contribution in [3.8, 4) is 0 Å². The van der Waals surface area contributed by atoms with E-state index in [2.05, 4.69) is 12.2 Å². The van der Waals surface area contributed by atoms with Crippen LogP contribution >= 0.6 is 0 Å². The van der Waals surface area contributed by atoms with Crippen LogP contribution in [0.5, 0.6) is 0 Å². The number of carbonyl (C=O) groups is 2. The summed E-state index contributed by atoms with van der Waals surface area (Å²) in [4.78, 5) is 24.5. The molecule has 0 aromatic carbocycles. The van der Waals surface area contributed by atoms with Crippen molar-refractivity contribution in [2.24, 2.45) is 11.8 Å². The van der Waals surface area contributed by atoms with Crippen molar-refractivity contribution in [2.75, 3.05) is 19.6 Å². The van der Waals surface area contributed by atoms with Crippen LogP contribution in [0.1, 0.15) is 39.0 Å². The lowest BCUT2D eigenvalue weighted by Crippen LogP contribution is -2.51. The van der Waals surface area contributed by atoms with E-state index in [1.165, 1.54) is 25.7 Å². The van der Waals surface area contributed by atoms with E-state index < -0.39 is 0 Å². The SMILES string of the molecule is CC1CCC(CCN2CC(=O)NCC2=O)CC1. The third-order valence-corrected chi connectivity index (χ3v) is 4.07. The standard InChI is InChI=1S/C13H22N2O2/c1-10-2-4-11(5-3-10)6-7-15-9-12(16)14-8-13(15)17/h10-11H,2-9H2,1H3,(H,14,16). The van der Waals surface area contributed by atoms with Gasteiger partial charge in [-0.3, -0.25) is 9.59 Å². The van der Waals surface area contributed by atoms with Crippen LogP contribution in [0.15, 0.2) is 0 Å². The topological polar surface area (TPSA) is 49.4 Å². The van der Waals surface area contributed by atoms with Crippen molar-refractivity contribution in [2.45, 2.75) is 39.0 Å². The highest BCUT2D eigenvalue weighted by Gasteiger charge is 2.24. The van der Waals surface area contributed by atoms with Crippen LogP contribution in [0.3, 0.4) is 0 Å². The van der Waals surface area contributed by atoms with Crippen LogP contribution in [0.2, 0.25) is 0 Å². The molecule has 17 heavy (non-hydrogen) atoms. The van der Waals surface area contributed by atoms with Gasteiger partial charge in [0.2, 0.25) is 11.8 Å². The first kappa shape index (κ1) is 12.4. The minimum Gasteiger partial charge on any atom is -0.345 e. The van der Waals surface area contributed by atoms with Crippen LogP contribution in [0.25, 0.3) is 0 Å². The van der Waals surface area contributed by atoms with Crippen LogP contribution in [0.4, 0.5) is 0 Å². The van der Waals surface area contributed by atoms with Gasteiger partial charge in [0.15, 0.2) is 0 Å². The van der Waals surface area contributed by atoms with Gasteiger partial charge in [0.1, 0.15) is 0 Å². The molecule has 96 valence electrons. The van der Waals surface area contributed by atoms with E-state index in [1.807, 2.05) is 0 Å². The monoisotopic (exact) mass is 238 g/mol. The number of amides is 2. The van der Waals surface area contributed by atoms with Gasteiger partial charge in [0, 0.05) is 6.54 Å².